The van der Waals surface area contributed by atoms with Crippen LogP contribution in [0.1, 0.15) is 29.6 Å². The SMILES string of the molecule is COc1ccc([C@H]2C[C@@H](c3ccc(OC)c(OC)c3)C(=O)O2)cc1. The van der Waals surface area contributed by atoms with Crippen LogP contribution in [0.15, 0.2) is 42.5 Å². The molecule has 2 aromatic rings. The molecule has 1 aliphatic rings. The molecule has 0 saturated carbocycles. The Bertz CT molecular complexity index is 723. The van der Waals surface area contributed by atoms with E-state index in [0.29, 0.717) is 17.9 Å². The quantitative estimate of drug-likeness (QED) is 0.787. The Morgan fingerprint density at radius 3 is 2.17 bits per heavy atom. The van der Waals surface area contributed by atoms with E-state index in [0.717, 1.165) is 16.9 Å². The van der Waals surface area contributed by atoms with Crippen molar-refractivity contribution in [2.24, 2.45) is 0 Å². The molecule has 126 valence electrons. The molecule has 3 rings (SSSR count). The normalized spacial score (nSPS) is 19.7. The maximum absolute atomic E-state index is 12.3. The van der Waals surface area contributed by atoms with Crippen molar-refractivity contribution in [1.82, 2.24) is 0 Å². The molecule has 2 aromatic carbocycles. The zero-order valence-electron chi connectivity index (χ0n) is 13.9. The highest BCUT2D eigenvalue weighted by Gasteiger charge is 2.36. The van der Waals surface area contributed by atoms with Crippen molar-refractivity contribution in [2.45, 2.75) is 18.4 Å². The number of methoxy groups -OCH3 is 3. The van der Waals surface area contributed by atoms with E-state index in [-0.39, 0.29) is 18.0 Å². The highest BCUT2D eigenvalue weighted by Crippen LogP contribution is 2.41. The van der Waals surface area contributed by atoms with Crippen LogP contribution in [0, 0.1) is 0 Å². The van der Waals surface area contributed by atoms with Gasteiger partial charge in [-0.3, -0.25) is 4.79 Å². The van der Waals surface area contributed by atoms with Crippen LogP contribution in [0.3, 0.4) is 0 Å². The molecule has 1 saturated heterocycles. The molecule has 2 atom stereocenters. The fourth-order valence-electron chi connectivity index (χ4n) is 2.95. The van der Waals surface area contributed by atoms with Gasteiger partial charge in [-0.2, -0.15) is 0 Å². The van der Waals surface area contributed by atoms with E-state index in [9.17, 15) is 4.79 Å². The van der Waals surface area contributed by atoms with Crippen LogP contribution in [0.4, 0.5) is 0 Å². The number of ether oxygens (including phenoxy) is 4. The van der Waals surface area contributed by atoms with Gasteiger partial charge in [0.25, 0.3) is 0 Å². The standard InChI is InChI=1S/C19H20O5/c1-21-14-7-4-12(5-8-14)17-11-15(19(20)24-17)13-6-9-16(22-2)18(10-13)23-3/h4-10,15,17H,11H2,1-3H3/t15-,17+/m0/s1. The van der Waals surface area contributed by atoms with Gasteiger partial charge in [0, 0.05) is 6.42 Å². The summed E-state index contributed by atoms with van der Waals surface area (Å²) >= 11 is 0. The molecular formula is C19H20O5. The number of cyclic esters (lactones) is 1. The average molecular weight is 328 g/mol. The molecule has 5 heteroatoms. The fraction of sp³-hybridized carbons (Fsp3) is 0.316. The second kappa shape index (κ2) is 6.83. The third-order valence-corrected chi connectivity index (χ3v) is 4.29. The molecule has 0 N–H and O–H groups in total. The maximum Gasteiger partial charge on any atom is 0.314 e. The monoisotopic (exact) mass is 328 g/mol. The minimum absolute atomic E-state index is 0.219. The van der Waals surface area contributed by atoms with Gasteiger partial charge in [-0.25, -0.2) is 0 Å². The Balaban J connectivity index is 1.81. The summed E-state index contributed by atoms with van der Waals surface area (Å²) in [7, 11) is 4.79. The molecule has 0 aromatic heterocycles. The van der Waals surface area contributed by atoms with E-state index in [2.05, 4.69) is 0 Å². The highest BCUT2D eigenvalue weighted by molar-refractivity contribution is 5.80. The first-order valence-corrected chi connectivity index (χ1v) is 7.72. The van der Waals surface area contributed by atoms with Crippen LogP contribution in [0.5, 0.6) is 17.2 Å². The summed E-state index contributed by atoms with van der Waals surface area (Å²) in [6, 6.07) is 13.1. The van der Waals surface area contributed by atoms with Crippen LogP contribution in [0.25, 0.3) is 0 Å². The highest BCUT2D eigenvalue weighted by atomic mass is 16.6. The second-order valence-electron chi connectivity index (χ2n) is 5.60. The zero-order chi connectivity index (χ0) is 17.1. The third kappa shape index (κ3) is 3.02. The summed E-state index contributed by atoms with van der Waals surface area (Å²) in [5.74, 6) is 1.49. The first kappa shape index (κ1) is 16.2. The number of carbonyl (C=O) groups is 1. The van der Waals surface area contributed by atoms with Gasteiger partial charge in [-0.15, -0.1) is 0 Å². The Hall–Kier alpha value is -2.69. The Morgan fingerprint density at radius 2 is 1.54 bits per heavy atom. The van der Waals surface area contributed by atoms with Crippen molar-refractivity contribution >= 4 is 5.97 Å². The molecule has 0 aliphatic carbocycles. The number of carbonyl (C=O) groups excluding carboxylic acids is 1. The van der Waals surface area contributed by atoms with Crippen LogP contribution in [-0.4, -0.2) is 27.3 Å². The van der Waals surface area contributed by atoms with Crippen molar-refractivity contribution in [2.75, 3.05) is 21.3 Å². The van der Waals surface area contributed by atoms with Crippen molar-refractivity contribution < 1.29 is 23.7 Å². The molecule has 0 unspecified atom stereocenters. The van der Waals surface area contributed by atoms with Crippen LogP contribution in [0.2, 0.25) is 0 Å². The van der Waals surface area contributed by atoms with Crippen LogP contribution >= 0.6 is 0 Å². The van der Waals surface area contributed by atoms with E-state index >= 15 is 0 Å². The molecule has 1 heterocycles. The van der Waals surface area contributed by atoms with Gasteiger partial charge < -0.3 is 18.9 Å². The summed E-state index contributed by atoms with van der Waals surface area (Å²) in [6.45, 7) is 0. The van der Waals surface area contributed by atoms with E-state index in [1.165, 1.54) is 0 Å². The lowest BCUT2D eigenvalue weighted by molar-refractivity contribution is -0.142. The van der Waals surface area contributed by atoms with Crippen LogP contribution in [-0.2, 0) is 9.53 Å². The molecular weight excluding hydrogens is 308 g/mol. The van der Waals surface area contributed by atoms with E-state index in [1.807, 2.05) is 42.5 Å². The van der Waals surface area contributed by atoms with Gasteiger partial charge >= 0.3 is 5.97 Å². The van der Waals surface area contributed by atoms with E-state index in [4.69, 9.17) is 18.9 Å². The van der Waals surface area contributed by atoms with Gasteiger partial charge in [-0.05, 0) is 35.4 Å². The van der Waals surface area contributed by atoms with Gasteiger partial charge in [-0.1, -0.05) is 18.2 Å². The van der Waals surface area contributed by atoms with Crippen molar-refractivity contribution in [3.63, 3.8) is 0 Å². The molecule has 0 spiro atoms. The molecule has 0 radical (unpaired) electrons. The Kier molecular flexibility index (Phi) is 4.60. The maximum atomic E-state index is 12.3. The van der Waals surface area contributed by atoms with Crippen molar-refractivity contribution in [3.05, 3.63) is 53.6 Å². The molecule has 0 amide bonds. The lowest BCUT2D eigenvalue weighted by Crippen LogP contribution is -2.06. The third-order valence-electron chi connectivity index (χ3n) is 4.29. The minimum Gasteiger partial charge on any atom is -0.497 e. The first-order chi connectivity index (χ1) is 11.7. The molecule has 0 bridgehead atoms. The minimum atomic E-state index is -0.308. The predicted octanol–water partition coefficient (Wildman–Crippen LogP) is 3.48. The number of rotatable bonds is 5. The summed E-state index contributed by atoms with van der Waals surface area (Å²) in [6.07, 6.45) is 0.349. The summed E-state index contributed by atoms with van der Waals surface area (Å²) < 4.78 is 21.3. The van der Waals surface area contributed by atoms with Gasteiger partial charge in [0.1, 0.15) is 11.9 Å². The fourth-order valence-corrected chi connectivity index (χ4v) is 2.95. The smallest absolute Gasteiger partial charge is 0.314 e. The largest absolute Gasteiger partial charge is 0.497 e. The summed E-state index contributed by atoms with van der Waals surface area (Å²) in [5.41, 5.74) is 1.83. The van der Waals surface area contributed by atoms with Crippen LogP contribution < -0.4 is 14.2 Å². The number of esters is 1. The number of hydrogen-bond donors (Lipinski definition) is 0. The van der Waals surface area contributed by atoms with E-state index < -0.39 is 0 Å². The van der Waals surface area contributed by atoms with Gasteiger partial charge in [0.2, 0.25) is 0 Å². The molecule has 1 aliphatic heterocycles. The molecule has 5 nitrogen and oxygen atoms in total. The van der Waals surface area contributed by atoms with Crippen molar-refractivity contribution in [3.8, 4) is 17.2 Å². The summed E-state index contributed by atoms with van der Waals surface area (Å²) in [5, 5.41) is 0. The number of hydrogen-bond acceptors (Lipinski definition) is 5. The Morgan fingerprint density at radius 1 is 0.875 bits per heavy atom. The van der Waals surface area contributed by atoms with Crippen molar-refractivity contribution in [1.29, 1.82) is 0 Å². The Labute approximate surface area is 141 Å². The van der Waals surface area contributed by atoms with E-state index in [1.54, 1.807) is 21.3 Å². The summed E-state index contributed by atoms with van der Waals surface area (Å²) in [4.78, 5) is 12.3. The lowest BCUT2D eigenvalue weighted by Gasteiger charge is -2.12. The first-order valence-electron chi connectivity index (χ1n) is 7.72. The van der Waals surface area contributed by atoms with Gasteiger partial charge in [0.15, 0.2) is 11.5 Å². The molecule has 24 heavy (non-hydrogen) atoms. The number of benzene rings is 2. The second-order valence-corrected chi connectivity index (χ2v) is 5.60. The lowest BCUT2D eigenvalue weighted by atomic mass is 9.93. The average Bonchev–Trinajstić information content (AvgIpc) is 3.03. The predicted molar refractivity (Wildman–Crippen MR) is 88.7 cm³/mol. The topological polar surface area (TPSA) is 54.0 Å². The van der Waals surface area contributed by atoms with Gasteiger partial charge in [0.05, 0.1) is 27.2 Å². The zero-order valence-corrected chi connectivity index (χ0v) is 13.9. The molecule has 1 fully saturated rings.